The van der Waals surface area contributed by atoms with Gasteiger partial charge in [0.2, 0.25) is 0 Å². The number of hydrogen-bond acceptors (Lipinski definition) is 7. The Morgan fingerprint density at radius 2 is 1.61 bits per heavy atom. The van der Waals surface area contributed by atoms with Crippen LogP contribution < -0.4 is 5.73 Å². The van der Waals surface area contributed by atoms with E-state index in [1.54, 1.807) is 13.8 Å². The Labute approximate surface area is 138 Å². The standard InChI is InChI=1S/C14H29NO7Si/c1-7-10(3)22-13(18)14(15,9-12(16)17)11(8-2)23(19-4,20-5)21-6/h10-11H,7-9,15H2,1-6H3,(H,16,17). The lowest BCUT2D eigenvalue weighted by atomic mass is 9.90. The molecule has 0 bridgehead atoms. The largest absolute Gasteiger partial charge is 0.505 e. The third-order valence-electron chi connectivity index (χ3n) is 4.02. The van der Waals surface area contributed by atoms with Crippen molar-refractivity contribution in [3.8, 4) is 0 Å². The van der Waals surface area contributed by atoms with Gasteiger partial charge in [0.1, 0.15) is 5.54 Å². The molecule has 8 nitrogen and oxygen atoms in total. The summed E-state index contributed by atoms with van der Waals surface area (Å²) in [4.78, 5) is 23.9. The molecule has 0 aromatic rings. The average Bonchev–Trinajstić information content (AvgIpc) is 2.51. The average molecular weight is 351 g/mol. The third kappa shape index (κ3) is 4.98. The first-order chi connectivity index (χ1) is 10.7. The molecule has 0 aliphatic rings. The highest BCUT2D eigenvalue weighted by Crippen LogP contribution is 2.39. The van der Waals surface area contributed by atoms with Gasteiger partial charge in [0.15, 0.2) is 0 Å². The minimum atomic E-state index is -3.36. The van der Waals surface area contributed by atoms with Crippen LogP contribution in [0.25, 0.3) is 0 Å². The summed E-state index contributed by atoms with van der Waals surface area (Å²) in [5.41, 5.74) is 3.68. The molecule has 3 unspecified atom stereocenters. The molecule has 0 aromatic heterocycles. The van der Waals surface area contributed by atoms with Crippen molar-refractivity contribution in [1.82, 2.24) is 0 Å². The van der Waals surface area contributed by atoms with E-state index in [4.69, 9.17) is 23.7 Å². The number of ether oxygens (including phenoxy) is 1. The first kappa shape index (κ1) is 22.0. The summed E-state index contributed by atoms with van der Waals surface area (Å²) < 4.78 is 21.5. The van der Waals surface area contributed by atoms with Crippen LogP contribution in [0, 0.1) is 0 Å². The number of esters is 1. The minimum Gasteiger partial charge on any atom is -0.481 e. The number of carboxylic acids is 1. The molecule has 0 saturated carbocycles. The van der Waals surface area contributed by atoms with Crippen molar-refractivity contribution in [2.75, 3.05) is 21.3 Å². The Morgan fingerprint density at radius 1 is 1.13 bits per heavy atom. The molecule has 0 rings (SSSR count). The number of aliphatic carboxylic acids is 1. The van der Waals surface area contributed by atoms with E-state index >= 15 is 0 Å². The fourth-order valence-corrected chi connectivity index (χ4v) is 5.27. The lowest BCUT2D eigenvalue weighted by Gasteiger charge is -2.41. The Bertz CT molecular complexity index is 394. The fraction of sp³-hybridized carbons (Fsp3) is 0.857. The van der Waals surface area contributed by atoms with Gasteiger partial charge < -0.3 is 28.9 Å². The Kier molecular flexibility index (Phi) is 8.92. The van der Waals surface area contributed by atoms with Gasteiger partial charge in [-0.15, -0.1) is 0 Å². The number of carbonyl (C=O) groups excluding carboxylic acids is 1. The molecule has 0 aromatic carbocycles. The second-order valence-corrected chi connectivity index (χ2v) is 8.54. The lowest BCUT2D eigenvalue weighted by Crippen LogP contribution is -2.64. The van der Waals surface area contributed by atoms with Gasteiger partial charge >= 0.3 is 20.7 Å². The lowest BCUT2D eigenvalue weighted by molar-refractivity contribution is -0.160. The molecule has 3 N–H and O–H groups in total. The molecule has 0 radical (unpaired) electrons. The normalized spacial score (nSPS) is 17.2. The van der Waals surface area contributed by atoms with Gasteiger partial charge in [-0.05, 0) is 19.8 Å². The Balaban J connectivity index is 5.89. The van der Waals surface area contributed by atoms with Crippen molar-refractivity contribution in [2.45, 2.75) is 57.2 Å². The van der Waals surface area contributed by atoms with Crippen molar-refractivity contribution in [3.63, 3.8) is 0 Å². The van der Waals surface area contributed by atoms with Crippen molar-refractivity contribution in [3.05, 3.63) is 0 Å². The minimum absolute atomic E-state index is 0.334. The first-order valence-corrected chi connectivity index (χ1v) is 9.34. The molecule has 9 heteroatoms. The van der Waals surface area contributed by atoms with Gasteiger partial charge in [0, 0.05) is 21.3 Å². The van der Waals surface area contributed by atoms with Crippen LogP contribution in [-0.4, -0.2) is 58.8 Å². The van der Waals surface area contributed by atoms with Crippen molar-refractivity contribution in [2.24, 2.45) is 5.73 Å². The fourth-order valence-electron chi connectivity index (χ4n) is 2.57. The number of carboxylic acid groups (broad SMARTS) is 1. The summed E-state index contributed by atoms with van der Waals surface area (Å²) in [6, 6.07) is 0. The monoisotopic (exact) mass is 351 g/mol. The second-order valence-electron chi connectivity index (χ2n) is 5.41. The van der Waals surface area contributed by atoms with Gasteiger partial charge in [-0.1, -0.05) is 13.8 Å². The van der Waals surface area contributed by atoms with E-state index in [0.717, 1.165) is 0 Å². The molecule has 23 heavy (non-hydrogen) atoms. The van der Waals surface area contributed by atoms with Crippen LogP contribution in [0.1, 0.15) is 40.0 Å². The maximum absolute atomic E-state index is 12.6. The Morgan fingerprint density at radius 3 is 1.91 bits per heavy atom. The highest BCUT2D eigenvalue weighted by molar-refractivity contribution is 6.63. The predicted octanol–water partition coefficient (Wildman–Crippen LogP) is 1.16. The number of nitrogens with two attached hydrogens (primary N) is 1. The zero-order chi connectivity index (χ0) is 18.3. The number of carbonyl (C=O) groups is 2. The second kappa shape index (κ2) is 9.33. The van der Waals surface area contributed by atoms with Crippen molar-refractivity contribution < 1.29 is 32.7 Å². The van der Waals surface area contributed by atoms with Crippen molar-refractivity contribution in [1.29, 1.82) is 0 Å². The molecule has 3 atom stereocenters. The van der Waals surface area contributed by atoms with Crippen LogP contribution >= 0.6 is 0 Å². The zero-order valence-corrected chi connectivity index (χ0v) is 15.8. The SMILES string of the molecule is CCC(C)OC(=O)C(N)(CC(=O)O)C(CC)[Si](OC)(OC)OC. The van der Waals surface area contributed by atoms with E-state index in [1.807, 2.05) is 6.92 Å². The molecule has 0 fully saturated rings. The third-order valence-corrected chi connectivity index (χ3v) is 7.50. The van der Waals surface area contributed by atoms with E-state index in [0.29, 0.717) is 12.8 Å². The van der Waals surface area contributed by atoms with Crippen LogP contribution in [0.4, 0.5) is 0 Å². The molecule has 0 saturated heterocycles. The first-order valence-electron chi connectivity index (χ1n) is 7.54. The maximum atomic E-state index is 12.6. The topological polar surface area (TPSA) is 117 Å². The predicted molar refractivity (Wildman–Crippen MR) is 85.8 cm³/mol. The quantitative estimate of drug-likeness (QED) is 0.420. The van der Waals surface area contributed by atoms with Crippen LogP contribution in [0.2, 0.25) is 5.54 Å². The Hall–Kier alpha value is -1.00. The van der Waals surface area contributed by atoms with Crippen LogP contribution in [-0.2, 0) is 27.6 Å². The van der Waals surface area contributed by atoms with Gasteiger partial charge in [0.05, 0.1) is 18.1 Å². The molecular weight excluding hydrogens is 322 g/mol. The molecule has 0 amide bonds. The summed E-state index contributed by atoms with van der Waals surface area (Å²) in [6.07, 6.45) is -0.0553. The van der Waals surface area contributed by atoms with E-state index in [9.17, 15) is 14.7 Å². The molecule has 0 aliphatic carbocycles. The van der Waals surface area contributed by atoms with E-state index in [2.05, 4.69) is 0 Å². The van der Waals surface area contributed by atoms with Crippen LogP contribution in [0.5, 0.6) is 0 Å². The van der Waals surface area contributed by atoms with Crippen LogP contribution in [0.3, 0.4) is 0 Å². The molecule has 0 aliphatic heterocycles. The highest BCUT2D eigenvalue weighted by atomic mass is 28.4. The van der Waals surface area contributed by atoms with Crippen molar-refractivity contribution >= 4 is 20.7 Å². The summed E-state index contributed by atoms with van der Waals surface area (Å²) >= 11 is 0. The highest BCUT2D eigenvalue weighted by Gasteiger charge is 2.60. The van der Waals surface area contributed by atoms with Gasteiger partial charge in [-0.25, -0.2) is 0 Å². The van der Waals surface area contributed by atoms with Crippen LogP contribution in [0.15, 0.2) is 0 Å². The zero-order valence-electron chi connectivity index (χ0n) is 14.8. The van der Waals surface area contributed by atoms with Gasteiger partial charge in [0.25, 0.3) is 0 Å². The summed E-state index contributed by atoms with van der Waals surface area (Å²) in [5, 5.41) is 9.22. The number of hydrogen-bond donors (Lipinski definition) is 2. The van der Waals surface area contributed by atoms with E-state index in [1.165, 1.54) is 21.3 Å². The molecule has 0 heterocycles. The van der Waals surface area contributed by atoms with Gasteiger partial charge in [-0.3, -0.25) is 9.59 Å². The summed E-state index contributed by atoms with van der Waals surface area (Å²) in [5.74, 6) is -2.00. The molecular formula is C14H29NO7Si. The van der Waals surface area contributed by atoms with Gasteiger partial charge in [-0.2, -0.15) is 0 Å². The summed E-state index contributed by atoms with van der Waals surface area (Å²) in [7, 11) is 0.814. The molecule has 136 valence electrons. The maximum Gasteiger partial charge on any atom is 0.505 e. The van der Waals surface area contributed by atoms with E-state index in [-0.39, 0.29) is 6.10 Å². The summed E-state index contributed by atoms with van der Waals surface area (Å²) in [6.45, 7) is 5.33. The van der Waals surface area contributed by atoms with E-state index < -0.39 is 38.2 Å². The number of rotatable bonds is 11. The molecule has 0 spiro atoms. The smallest absolute Gasteiger partial charge is 0.481 e.